The van der Waals surface area contributed by atoms with Gasteiger partial charge < -0.3 is 15.0 Å². The van der Waals surface area contributed by atoms with E-state index >= 15 is 0 Å². The number of nitrogens with one attached hydrogen (secondary N) is 1. The third-order valence-corrected chi connectivity index (χ3v) is 4.07. The lowest BCUT2D eigenvalue weighted by molar-refractivity contribution is 0.0480. The fourth-order valence-electron chi connectivity index (χ4n) is 2.68. The van der Waals surface area contributed by atoms with Crippen molar-refractivity contribution in [1.29, 1.82) is 0 Å². The Balaban J connectivity index is 1.49. The Morgan fingerprint density at radius 3 is 2.58 bits per heavy atom. The average molecular weight is 324 g/mol. The summed E-state index contributed by atoms with van der Waals surface area (Å²) in [7, 11) is 0. The molecule has 1 unspecified atom stereocenters. The topological polar surface area (TPSA) is 58.6 Å². The van der Waals surface area contributed by atoms with Gasteiger partial charge in [-0.2, -0.15) is 0 Å². The molecule has 1 N–H and O–H groups in total. The molecule has 0 bridgehead atoms. The molecule has 1 heterocycles. The van der Waals surface area contributed by atoms with Gasteiger partial charge in [0.15, 0.2) is 0 Å². The number of hydrogen-bond acceptors (Lipinski definition) is 3. The van der Waals surface area contributed by atoms with Crippen LogP contribution in [0.4, 0.5) is 4.79 Å². The minimum atomic E-state index is -0.366. The quantitative estimate of drug-likeness (QED) is 0.860. The number of carbonyl (C=O) groups excluding carboxylic acids is 2. The van der Waals surface area contributed by atoms with Crippen LogP contribution in [0.1, 0.15) is 27.5 Å². The third kappa shape index (κ3) is 3.74. The number of benzene rings is 2. The molecule has 3 rings (SSSR count). The van der Waals surface area contributed by atoms with Crippen molar-refractivity contribution < 1.29 is 14.3 Å². The zero-order chi connectivity index (χ0) is 16.9. The van der Waals surface area contributed by atoms with Crippen molar-refractivity contribution in [1.82, 2.24) is 10.2 Å². The van der Waals surface area contributed by atoms with E-state index in [4.69, 9.17) is 4.74 Å². The van der Waals surface area contributed by atoms with E-state index in [1.165, 1.54) is 0 Å². The molecular formula is C19H20N2O3. The van der Waals surface area contributed by atoms with Gasteiger partial charge in [0.2, 0.25) is 0 Å². The second-order valence-electron chi connectivity index (χ2n) is 5.86. The number of carbonyl (C=O) groups is 2. The van der Waals surface area contributed by atoms with E-state index < -0.39 is 0 Å². The molecule has 0 radical (unpaired) electrons. The number of aryl methyl sites for hydroxylation is 1. The van der Waals surface area contributed by atoms with E-state index in [-0.39, 0.29) is 24.6 Å². The third-order valence-electron chi connectivity index (χ3n) is 4.07. The summed E-state index contributed by atoms with van der Waals surface area (Å²) in [6, 6.07) is 16.9. The van der Waals surface area contributed by atoms with E-state index in [2.05, 4.69) is 5.32 Å². The van der Waals surface area contributed by atoms with Gasteiger partial charge in [-0.15, -0.1) is 0 Å². The molecule has 2 aromatic carbocycles. The van der Waals surface area contributed by atoms with E-state index in [0.29, 0.717) is 18.7 Å². The van der Waals surface area contributed by atoms with Gasteiger partial charge in [-0.1, -0.05) is 48.0 Å². The van der Waals surface area contributed by atoms with Crippen LogP contribution in [0.2, 0.25) is 0 Å². The molecule has 124 valence electrons. The van der Waals surface area contributed by atoms with E-state index in [1.54, 1.807) is 17.0 Å². The largest absolute Gasteiger partial charge is 0.460 e. The second-order valence-corrected chi connectivity index (χ2v) is 5.86. The summed E-state index contributed by atoms with van der Waals surface area (Å²) in [5, 5.41) is 2.94. The van der Waals surface area contributed by atoms with Crippen LogP contribution in [0.3, 0.4) is 0 Å². The van der Waals surface area contributed by atoms with E-state index in [0.717, 1.165) is 11.1 Å². The first kappa shape index (κ1) is 16.1. The van der Waals surface area contributed by atoms with Crippen molar-refractivity contribution in [3.8, 4) is 0 Å². The summed E-state index contributed by atoms with van der Waals surface area (Å²) in [5.74, 6) is -0.366. The van der Waals surface area contributed by atoms with Crippen LogP contribution >= 0.6 is 0 Å². The lowest BCUT2D eigenvalue weighted by Gasteiger charge is -2.14. The van der Waals surface area contributed by atoms with Gasteiger partial charge in [-0.3, -0.25) is 0 Å². The van der Waals surface area contributed by atoms with Crippen molar-refractivity contribution in [2.24, 2.45) is 0 Å². The van der Waals surface area contributed by atoms with E-state index in [1.807, 2.05) is 49.4 Å². The monoisotopic (exact) mass is 324 g/mol. The fourth-order valence-corrected chi connectivity index (χ4v) is 2.68. The maximum absolute atomic E-state index is 12.0. The Kier molecular flexibility index (Phi) is 4.79. The van der Waals surface area contributed by atoms with Crippen molar-refractivity contribution in [2.45, 2.75) is 13.0 Å². The molecule has 0 aliphatic carbocycles. The summed E-state index contributed by atoms with van der Waals surface area (Å²) in [4.78, 5) is 25.6. The average Bonchev–Trinajstić information content (AvgIpc) is 2.97. The van der Waals surface area contributed by atoms with Gasteiger partial charge in [0.25, 0.3) is 0 Å². The summed E-state index contributed by atoms with van der Waals surface area (Å²) in [6.45, 7) is 3.10. The van der Waals surface area contributed by atoms with Crippen molar-refractivity contribution in [2.75, 3.05) is 19.7 Å². The Hall–Kier alpha value is -2.82. The van der Waals surface area contributed by atoms with Crippen molar-refractivity contribution >= 4 is 12.0 Å². The van der Waals surface area contributed by atoms with Crippen LogP contribution in [-0.4, -0.2) is 36.6 Å². The van der Waals surface area contributed by atoms with Crippen molar-refractivity contribution in [3.63, 3.8) is 0 Å². The maximum atomic E-state index is 12.0. The van der Waals surface area contributed by atoms with Gasteiger partial charge in [0, 0.05) is 6.54 Å². The normalized spacial score (nSPS) is 16.8. The summed E-state index contributed by atoms with van der Waals surface area (Å²) >= 11 is 0. The Labute approximate surface area is 141 Å². The molecule has 2 aromatic rings. The minimum absolute atomic E-state index is 0.0218. The van der Waals surface area contributed by atoms with E-state index in [9.17, 15) is 9.59 Å². The maximum Gasteiger partial charge on any atom is 0.338 e. The number of urea groups is 1. The van der Waals surface area contributed by atoms with Crippen LogP contribution in [0.15, 0.2) is 54.6 Å². The smallest absolute Gasteiger partial charge is 0.338 e. The second kappa shape index (κ2) is 7.17. The molecule has 1 aliphatic rings. The van der Waals surface area contributed by atoms with Crippen LogP contribution in [0.25, 0.3) is 0 Å². The highest BCUT2D eigenvalue weighted by atomic mass is 16.5. The number of rotatable bonds is 5. The summed E-state index contributed by atoms with van der Waals surface area (Å²) in [5.41, 5.74) is 2.69. The SMILES string of the molecule is Cc1ccc(C(=O)OCCN2CC(c3ccccc3)NC2=O)cc1. The highest BCUT2D eigenvalue weighted by molar-refractivity contribution is 5.89. The molecule has 1 fully saturated rings. The zero-order valence-electron chi connectivity index (χ0n) is 13.6. The molecule has 0 saturated carbocycles. The fraction of sp³-hybridized carbons (Fsp3) is 0.263. The molecule has 1 saturated heterocycles. The zero-order valence-corrected chi connectivity index (χ0v) is 13.6. The Bertz CT molecular complexity index is 713. The van der Waals surface area contributed by atoms with Crippen LogP contribution in [-0.2, 0) is 4.74 Å². The first-order chi connectivity index (χ1) is 11.6. The molecule has 0 aromatic heterocycles. The molecule has 5 nitrogen and oxygen atoms in total. The number of nitrogens with zero attached hydrogens (tertiary/aromatic N) is 1. The van der Waals surface area contributed by atoms with Crippen molar-refractivity contribution in [3.05, 3.63) is 71.3 Å². The molecule has 0 spiro atoms. The number of ether oxygens (including phenoxy) is 1. The summed E-state index contributed by atoms with van der Waals surface area (Å²) in [6.07, 6.45) is 0. The predicted octanol–water partition coefficient (Wildman–Crippen LogP) is 2.92. The van der Waals surface area contributed by atoms with Crippen LogP contribution < -0.4 is 5.32 Å². The molecule has 1 aliphatic heterocycles. The lowest BCUT2D eigenvalue weighted by Crippen LogP contribution is -2.31. The predicted molar refractivity (Wildman–Crippen MR) is 90.7 cm³/mol. The summed E-state index contributed by atoms with van der Waals surface area (Å²) < 4.78 is 5.26. The van der Waals surface area contributed by atoms with Crippen LogP contribution in [0, 0.1) is 6.92 Å². The highest BCUT2D eigenvalue weighted by Crippen LogP contribution is 2.19. The van der Waals surface area contributed by atoms with Gasteiger partial charge in [-0.25, -0.2) is 9.59 Å². The Morgan fingerprint density at radius 1 is 1.17 bits per heavy atom. The molecule has 2 amide bonds. The minimum Gasteiger partial charge on any atom is -0.460 e. The first-order valence-electron chi connectivity index (χ1n) is 7.97. The van der Waals surface area contributed by atoms with Gasteiger partial charge in [0.1, 0.15) is 6.61 Å². The number of hydrogen-bond donors (Lipinski definition) is 1. The molecule has 1 atom stereocenters. The highest BCUT2D eigenvalue weighted by Gasteiger charge is 2.29. The number of amides is 2. The standard InChI is InChI=1S/C19H20N2O3/c1-14-7-9-16(10-8-14)18(22)24-12-11-21-13-17(20-19(21)23)15-5-3-2-4-6-15/h2-10,17H,11-13H2,1H3,(H,20,23). The number of esters is 1. The lowest BCUT2D eigenvalue weighted by atomic mass is 10.1. The van der Waals surface area contributed by atoms with Gasteiger partial charge in [0.05, 0.1) is 18.2 Å². The first-order valence-corrected chi connectivity index (χ1v) is 7.97. The van der Waals surface area contributed by atoms with Crippen LogP contribution in [0.5, 0.6) is 0 Å². The Morgan fingerprint density at radius 2 is 1.88 bits per heavy atom. The van der Waals surface area contributed by atoms with Gasteiger partial charge >= 0.3 is 12.0 Å². The van der Waals surface area contributed by atoms with Gasteiger partial charge in [-0.05, 0) is 24.6 Å². The molecule has 24 heavy (non-hydrogen) atoms. The molecule has 5 heteroatoms. The molecular weight excluding hydrogens is 304 g/mol.